The second-order valence-corrected chi connectivity index (χ2v) is 9.60. The number of carbonyl (C=O) groups is 1. The highest BCUT2D eigenvalue weighted by atomic mass is 32.2. The standard InChI is InChI=1S/C23H26N2O4S/c1-2-17-6-11-22-21(14-17)18(16-29-22)15-23(26)24-19-7-9-20(10-8-19)30(27,28)25-12-4-3-5-13-25/h6-11,14,16H,2-5,12-13,15H2,1H3,(H,24,26). The summed E-state index contributed by atoms with van der Waals surface area (Å²) in [6, 6.07) is 12.4. The summed E-state index contributed by atoms with van der Waals surface area (Å²) >= 11 is 0. The van der Waals surface area contributed by atoms with E-state index in [0.717, 1.165) is 42.2 Å². The molecule has 1 saturated heterocycles. The first-order valence-corrected chi connectivity index (χ1v) is 11.8. The van der Waals surface area contributed by atoms with Crippen molar-refractivity contribution < 1.29 is 17.6 Å². The lowest BCUT2D eigenvalue weighted by atomic mass is 10.1. The molecule has 3 aromatic rings. The van der Waals surface area contributed by atoms with Crippen LogP contribution < -0.4 is 5.32 Å². The summed E-state index contributed by atoms with van der Waals surface area (Å²) in [5.41, 5.74) is 3.36. The minimum Gasteiger partial charge on any atom is -0.464 e. The lowest BCUT2D eigenvalue weighted by Crippen LogP contribution is -2.35. The van der Waals surface area contributed by atoms with Gasteiger partial charge in [0.15, 0.2) is 0 Å². The summed E-state index contributed by atoms with van der Waals surface area (Å²) in [4.78, 5) is 12.8. The topological polar surface area (TPSA) is 79.6 Å². The minimum absolute atomic E-state index is 0.175. The van der Waals surface area contributed by atoms with Crippen LogP contribution in [0.1, 0.15) is 37.3 Å². The molecule has 1 fully saturated rings. The van der Waals surface area contributed by atoms with E-state index in [1.54, 1.807) is 34.8 Å². The molecule has 0 bridgehead atoms. The van der Waals surface area contributed by atoms with Gasteiger partial charge in [-0.2, -0.15) is 4.31 Å². The number of furan rings is 1. The van der Waals surface area contributed by atoms with E-state index in [9.17, 15) is 13.2 Å². The van der Waals surface area contributed by atoms with Crippen molar-refractivity contribution in [1.29, 1.82) is 0 Å². The monoisotopic (exact) mass is 426 g/mol. The molecule has 0 aliphatic carbocycles. The Bertz CT molecular complexity index is 1140. The van der Waals surface area contributed by atoms with Crippen molar-refractivity contribution in [3.8, 4) is 0 Å². The minimum atomic E-state index is -3.47. The summed E-state index contributed by atoms with van der Waals surface area (Å²) in [5.74, 6) is -0.175. The molecule has 1 aromatic heterocycles. The fourth-order valence-corrected chi connectivity index (χ4v) is 5.35. The summed E-state index contributed by atoms with van der Waals surface area (Å²) in [5, 5.41) is 3.79. The van der Waals surface area contributed by atoms with Gasteiger partial charge in [0, 0.05) is 29.7 Å². The fraction of sp³-hybridized carbons (Fsp3) is 0.348. The van der Waals surface area contributed by atoms with Crippen LogP contribution in [0.25, 0.3) is 11.0 Å². The van der Waals surface area contributed by atoms with Crippen LogP contribution in [0, 0.1) is 0 Å². The lowest BCUT2D eigenvalue weighted by Gasteiger charge is -2.25. The van der Waals surface area contributed by atoms with E-state index in [4.69, 9.17) is 4.42 Å². The molecule has 0 saturated carbocycles. The number of benzene rings is 2. The van der Waals surface area contributed by atoms with Gasteiger partial charge in [0.25, 0.3) is 0 Å². The lowest BCUT2D eigenvalue weighted by molar-refractivity contribution is -0.115. The summed E-state index contributed by atoms with van der Waals surface area (Å²) in [6.45, 7) is 3.22. The van der Waals surface area contributed by atoms with Crippen molar-refractivity contribution in [2.45, 2.75) is 43.9 Å². The Balaban J connectivity index is 1.44. The number of nitrogens with zero attached hydrogens (tertiary/aromatic N) is 1. The number of aryl methyl sites for hydroxylation is 1. The molecule has 0 radical (unpaired) electrons. The average molecular weight is 427 g/mol. The number of fused-ring (bicyclic) bond motifs is 1. The van der Waals surface area contributed by atoms with Gasteiger partial charge in [-0.25, -0.2) is 8.42 Å². The average Bonchev–Trinajstić information content (AvgIpc) is 3.16. The smallest absolute Gasteiger partial charge is 0.243 e. The zero-order chi connectivity index (χ0) is 21.1. The predicted molar refractivity (Wildman–Crippen MR) is 117 cm³/mol. The van der Waals surface area contributed by atoms with Crippen molar-refractivity contribution in [3.63, 3.8) is 0 Å². The molecule has 0 spiro atoms. The molecule has 1 aliphatic rings. The Kier molecular flexibility index (Phi) is 5.92. The van der Waals surface area contributed by atoms with E-state index in [0.29, 0.717) is 18.8 Å². The molecule has 1 amide bonds. The molecule has 0 atom stereocenters. The largest absolute Gasteiger partial charge is 0.464 e. The van der Waals surface area contributed by atoms with Gasteiger partial charge in [0.05, 0.1) is 17.6 Å². The maximum absolute atomic E-state index is 12.7. The Morgan fingerprint density at radius 1 is 1.07 bits per heavy atom. The number of carbonyl (C=O) groups excluding carboxylic acids is 1. The third kappa shape index (κ3) is 4.27. The van der Waals surface area contributed by atoms with Crippen LogP contribution in [0.2, 0.25) is 0 Å². The van der Waals surface area contributed by atoms with E-state index in [-0.39, 0.29) is 17.2 Å². The second-order valence-electron chi connectivity index (χ2n) is 7.66. The van der Waals surface area contributed by atoms with Gasteiger partial charge >= 0.3 is 0 Å². The van der Waals surface area contributed by atoms with E-state index in [1.165, 1.54) is 5.56 Å². The summed E-state index contributed by atoms with van der Waals surface area (Å²) < 4.78 is 32.6. The molecular weight excluding hydrogens is 400 g/mol. The van der Waals surface area contributed by atoms with Gasteiger partial charge in [-0.05, 0) is 61.2 Å². The number of rotatable bonds is 6. The van der Waals surface area contributed by atoms with Crippen LogP contribution in [0.4, 0.5) is 5.69 Å². The third-order valence-electron chi connectivity index (χ3n) is 5.57. The molecule has 6 nitrogen and oxygen atoms in total. The molecule has 7 heteroatoms. The third-order valence-corrected chi connectivity index (χ3v) is 7.48. The molecule has 1 N–H and O–H groups in total. The maximum Gasteiger partial charge on any atom is 0.243 e. The van der Waals surface area contributed by atoms with Crippen LogP contribution >= 0.6 is 0 Å². The number of amides is 1. The number of hydrogen-bond donors (Lipinski definition) is 1. The van der Waals surface area contributed by atoms with Crippen molar-refractivity contribution in [2.75, 3.05) is 18.4 Å². The highest BCUT2D eigenvalue weighted by Crippen LogP contribution is 2.25. The van der Waals surface area contributed by atoms with Crippen LogP contribution in [0.5, 0.6) is 0 Å². The Morgan fingerprint density at radius 2 is 1.80 bits per heavy atom. The zero-order valence-corrected chi connectivity index (χ0v) is 17.9. The molecule has 158 valence electrons. The van der Waals surface area contributed by atoms with Gasteiger partial charge in [0.1, 0.15) is 5.58 Å². The van der Waals surface area contributed by atoms with Gasteiger partial charge in [-0.1, -0.05) is 19.4 Å². The maximum atomic E-state index is 12.7. The molecule has 0 unspecified atom stereocenters. The van der Waals surface area contributed by atoms with Gasteiger partial charge in [0.2, 0.25) is 15.9 Å². The Labute approximate surface area is 176 Å². The molecular formula is C23H26N2O4S. The van der Waals surface area contributed by atoms with Gasteiger partial charge in [-0.15, -0.1) is 0 Å². The van der Waals surface area contributed by atoms with Crippen LogP contribution in [-0.4, -0.2) is 31.7 Å². The molecule has 2 aromatic carbocycles. The first-order chi connectivity index (χ1) is 14.5. The Hall–Kier alpha value is -2.64. The first kappa shape index (κ1) is 20.6. The normalized spacial score (nSPS) is 15.4. The van der Waals surface area contributed by atoms with Crippen molar-refractivity contribution >= 4 is 32.6 Å². The molecule has 4 rings (SSSR count). The first-order valence-electron chi connectivity index (χ1n) is 10.4. The van der Waals surface area contributed by atoms with E-state index < -0.39 is 10.0 Å². The van der Waals surface area contributed by atoms with Crippen molar-refractivity contribution in [2.24, 2.45) is 0 Å². The predicted octanol–water partition coefficient (Wildman–Crippen LogP) is 4.35. The number of anilines is 1. The fourth-order valence-electron chi connectivity index (χ4n) is 3.83. The molecule has 30 heavy (non-hydrogen) atoms. The van der Waals surface area contributed by atoms with Crippen molar-refractivity contribution in [3.05, 3.63) is 59.9 Å². The Morgan fingerprint density at radius 3 is 2.50 bits per heavy atom. The van der Waals surface area contributed by atoms with Crippen LogP contribution in [0.3, 0.4) is 0 Å². The van der Waals surface area contributed by atoms with Gasteiger partial charge in [-0.3, -0.25) is 4.79 Å². The number of piperidine rings is 1. The SMILES string of the molecule is CCc1ccc2occ(CC(=O)Nc3ccc(S(=O)(=O)N4CCCCC4)cc3)c2c1. The second kappa shape index (κ2) is 8.62. The summed E-state index contributed by atoms with van der Waals surface area (Å²) in [6.07, 6.45) is 5.60. The van der Waals surface area contributed by atoms with Crippen LogP contribution in [0.15, 0.2) is 58.0 Å². The quantitative estimate of drug-likeness (QED) is 0.635. The molecule has 1 aliphatic heterocycles. The highest BCUT2D eigenvalue weighted by molar-refractivity contribution is 7.89. The van der Waals surface area contributed by atoms with Crippen molar-refractivity contribution in [1.82, 2.24) is 4.31 Å². The highest BCUT2D eigenvalue weighted by Gasteiger charge is 2.25. The number of sulfonamides is 1. The summed E-state index contributed by atoms with van der Waals surface area (Å²) in [7, 11) is -3.47. The number of nitrogens with one attached hydrogen (secondary N) is 1. The van der Waals surface area contributed by atoms with Gasteiger partial charge < -0.3 is 9.73 Å². The van der Waals surface area contributed by atoms with Crippen LogP contribution in [-0.2, 0) is 27.7 Å². The van der Waals surface area contributed by atoms with E-state index in [1.807, 2.05) is 12.1 Å². The van der Waals surface area contributed by atoms with E-state index >= 15 is 0 Å². The molecule has 2 heterocycles. The number of hydrogen-bond acceptors (Lipinski definition) is 4. The van der Waals surface area contributed by atoms with E-state index in [2.05, 4.69) is 18.3 Å². The zero-order valence-electron chi connectivity index (χ0n) is 17.1.